The lowest BCUT2D eigenvalue weighted by atomic mass is 9.99. The van der Waals surface area contributed by atoms with E-state index in [1.807, 2.05) is 17.6 Å². The molecule has 4 heterocycles. The van der Waals surface area contributed by atoms with Crippen LogP contribution < -0.4 is 0 Å². The summed E-state index contributed by atoms with van der Waals surface area (Å²) in [4.78, 5) is 20.3. The highest BCUT2D eigenvalue weighted by molar-refractivity contribution is 7.19. The normalized spacial score (nSPS) is 19.4. The molecule has 5 rings (SSSR count). The zero-order valence-electron chi connectivity index (χ0n) is 15.4. The highest BCUT2D eigenvalue weighted by atomic mass is 32.1. The van der Waals surface area contributed by atoms with Crippen LogP contribution in [0.4, 0.5) is 0 Å². The number of rotatable bonds is 4. The molecule has 6 nitrogen and oxygen atoms in total. The van der Waals surface area contributed by atoms with Crippen molar-refractivity contribution in [3.63, 3.8) is 0 Å². The molecule has 1 aliphatic carbocycles. The van der Waals surface area contributed by atoms with Crippen molar-refractivity contribution in [1.29, 1.82) is 0 Å². The lowest BCUT2D eigenvalue weighted by Crippen LogP contribution is -1.98. The van der Waals surface area contributed by atoms with Crippen LogP contribution in [-0.2, 0) is 4.79 Å². The average molecular weight is 380 g/mol. The summed E-state index contributed by atoms with van der Waals surface area (Å²) in [6, 6.07) is 4.29. The Labute approximate surface area is 159 Å². The van der Waals surface area contributed by atoms with Crippen molar-refractivity contribution in [3.05, 3.63) is 40.7 Å². The van der Waals surface area contributed by atoms with Crippen molar-refractivity contribution in [2.24, 2.45) is 5.92 Å². The number of thiophene rings is 1. The van der Waals surface area contributed by atoms with Crippen molar-refractivity contribution < 1.29 is 9.90 Å². The third-order valence-corrected chi connectivity index (χ3v) is 6.72. The molecule has 4 aromatic rings. The summed E-state index contributed by atoms with van der Waals surface area (Å²) in [5.74, 6) is -0.377. The topological polar surface area (TPSA) is 83.3 Å². The van der Waals surface area contributed by atoms with E-state index in [2.05, 4.69) is 41.0 Å². The van der Waals surface area contributed by atoms with Crippen LogP contribution in [0.15, 0.2) is 24.7 Å². The minimum Gasteiger partial charge on any atom is -0.481 e. The van der Waals surface area contributed by atoms with Crippen LogP contribution in [0, 0.1) is 12.8 Å². The fourth-order valence-corrected chi connectivity index (χ4v) is 5.48. The molecular formula is C20H20N4O2S. The van der Waals surface area contributed by atoms with Crippen LogP contribution in [-0.4, -0.2) is 30.7 Å². The molecule has 0 amide bonds. The third kappa shape index (κ3) is 2.49. The second-order valence-electron chi connectivity index (χ2n) is 7.69. The summed E-state index contributed by atoms with van der Waals surface area (Å²) in [5.41, 5.74) is 6.54. The molecule has 27 heavy (non-hydrogen) atoms. The molecule has 0 spiro atoms. The molecular weight excluding hydrogens is 360 g/mol. The fourth-order valence-electron chi connectivity index (χ4n) is 3.99. The number of nitrogens with one attached hydrogen (secondary N) is 1. The van der Waals surface area contributed by atoms with E-state index < -0.39 is 5.97 Å². The SMILES string of the molecule is Cc1cc(-c2[nH]c3cc(C4CC4C(=O)O)sc3c2C(C)C)cn2ncnc12. The van der Waals surface area contributed by atoms with Gasteiger partial charge in [0.25, 0.3) is 0 Å². The molecule has 2 N–H and O–H groups in total. The van der Waals surface area contributed by atoms with E-state index in [1.54, 1.807) is 17.7 Å². The summed E-state index contributed by atoms with van der Waals surface area (Å²) in [6.45, 7) is 6.44. The van der Waals surface area contributed by atoms with E-state index in [1.165, 1.54) is 15.1 Å². The predicted molar refractivity (Wildman–Crippen MR) is 105 cm³/mol. The summed E-state index contributed by atoms with van der Waals surface area (Å²) < 4.78 is 3.05. The molecule has 1 aliphatic rings. The van der Waals surface area contributed by atoms with Gasteiger partial charge in [-0.15, -0.1) is 11.3 Å². The van der Waals surface area contributed by atoms with Crippen LogP contribution in [0.25, 0.3) is 27.1 Å². The second-order valence-corrected chi connectivity index (χ2v) is 8.77. The Morgan fingerprint density at radius 1 is 1.41 bits per heavy atom. The summed E-state index contributed by atoms with van der Waals surface area (Å²) >= 11 is 1.74. The predicted octanol–water partition coefficient (Wildman–Crippen LogP) is 4.56. The smallest absolute Gasteiger partial charge is 0.307 e. The molecule has 0 aromatic carbocycles. The molecule has 1 saturated carbocycles. The van der Waals surface area contributed by atoms with Crippen molar-refractivity contribution in [3.8, 4) is 11.3 Å². The highest BCUT2D eigenvalue weighted by Gasteiger charge is 2.45. The van der Waals surface area contributed by atoms with Gasteiger partial charge in [-0.3, -0.25) is 4.79 Å². The van der Waals surface area contributed by atoms with Gasteiger partial charge < -0.3 is 10.1 Å². The van der Waals surface area contributed by atoms with Gasteiger partial charge in [-0.1, -0.05) is 13.8 Å². The Hall–Kier alpha value is -2.67. The van der Waals surface area contributed by atoms with Crippen molar-refractivity contribution >= 4 is 33.2 Å². The van der Waals surface area contributed by atoms with E-state index in [4.69, 9.17) is 0 Å². The maximum atomic E-state index is 11.2. The lowest BCUT2D eigenvalue weighted by molar-refractivity contribution is -0.138. The quantitative estimate of drug-likeness (QED) is 0.544. The number of H-pyrrole nitrogens is 1. The van der Waals surface area contributed by atoms with Crippen LogP contribution >= 0.6 is 11.3 Å². The second kappa shape index (κ2) is 5.66. The number of carboxylic acids is 1. The van der Waals surface area contributed by atoms with Crippen LogP contribution in [0.3, 0.4) is 0 Å². The number of hydrogen-bond donors (Lipinski definition) is 2. The number of aromatic amines is 1. The van der Waals surface area contributed by atoms with E-state index in [9.17, 15) is 9.90 Å². The Morgan fingerprint density at radius 3 is 2.93 bits per heavy atom. The lowest BCUT2D eigenvalue weighted by Gasteiger charge is -2.09. The van der Waals surface area contributed by atoms with Gasteiger partial charge >= 0.3 is 5.97 Å². The Morgan fingerprint density at radius 2 is 2.22 bits per heavy atom. The Bertz CT molecular complexity index is 1200. The maximum absolute atomic E-state index is 11.2. The van der Waals surface area contributed by atoms with Gasteiger partial charge in [-0.05, 0) is 42.5 Å². The van der Waals surface area contributed by atoms with Gasteiger partial charge in [0.15, 0.2) is 5.65 Å². The molecule has 1 fully saturated rings. The van der Waals surface area contributed by atoms with Crippen molar-refractivity contribution in [2.75, 3.05) is 0 Å². The number of carbonyl (C=O) groups is 1. The number of aliphatic carboxylic acids is 1. The van der Waals surface area contributed by atoms with Gasteiger partial charge in [0.2, 0.25) is 0 Å². The van der Waals surface area contributed by atoms with Crippen LogP contribution in [0.1, 0.15) is 48.1 Å². The van der Waals surface area contributed by atoms with Gasteiger partial charge in [-0.2, -0.15) is 5.10 Å². The summed E-state index contributed by atoms with van der Waals surface area (Å²) in [7, 11) is 0. The van der Waals surface area contributed by atoms with Crippen molar-refractivity contribution in [2.45, 2.75) is 39.0 Å². The Kier molecular flexibility index (Phi) is 3.46. The summed E-state index contributed by atoms with van der Waals surface area (Å²) in [5, 5.41) is 13.5. The number of pyridine rings is 1. The molecule has 4 aromatic heterocycles. The first-order chi connectivity index (χ1) is 12.9. The molecule has 0 aliphatic heterocycles. The number of fused-ring (bicyclic) bond motifs is 2. The number of carboxylic acid groups (broad SMARTS) is 1. The number of hydrogen-bond acceptors (Lipinski definition) is 4. The minimum absolute atomic E-state index is 0.172. The highest BCUT2D eigenvalue weighted by Crippen LogP contribution is 2.52. The zero-order valence-corrected chi connectivity index (χ0v) is 16.2. The third-order valence-electron chi connectivity index (χ3n) is 5.42. The molecule has 138 valence electrons. The number of aryl methyl sites for hydroxylation is 1. The van der Waals surface area contributed by atoms with Gasteiger partial charge in [-0.25, -0.2) is 9.50 Å². The first-order valence-electron chi connectivity index (χ1n) is 9.12. The number of nitrogens with zero attached hydrogens (tertiary/aromatic N) is 3. The van der Waals surface area contributed by atoms with Gasteiger partial charge in [0.05, 0.1) is 21.8 Å². The van der Waals surface area contributed by atoms with E-state index in [0.717, 1.165) is 34.4 Å². The number of aromatic nitrogens is 4. The van der Waals surface area contributed by atoms with E-state index in [-0.39, 0.29) is 11.8 Å². The maximum Gasteiger partial charge on any atom is 0.307 e. The standard InChI is InChI=1S/C20H20N4O2S/c1-9(2)16-17(11-4-10(3)19-21-8-22-24(19)7-11)23-14-6-15(27-18(14)16)12-5-13(12)20(25)26/h4,6-9,12-13,23H,5H2,1-3H3,(H,25,26). The first kappa shape index (κ1) is 16.5. The minimum atomic E-state index is -0.682. The molecule has 2 unspecified atom stereocenters. The zero-order chi connectivity index (χ0) is 18.9. The Balaban J connectivity index is 1.65. The van der Waals surface area contributed by atoms with Crippen molar-refractivity contribution in [1.82, 2.24) is 19.6 Å². The van der Waals surface area contributed by atoms with Crippen LogP contribution in [0.5, 0.6) is 0 Å². The molecule has 7 heteroatoms. The van der Waals surface area contributed by atoms with Gasteiger partial charge in [0, 0.05) is 22.6 Å². The molecule has 0 bridgehead atoms. The van der Waals surface area contributed by atoms with Gasteiger partial charge in [0.1, 0.15) is 6.33 Å². The van der Waals surface area contributed by atoms with E-state index >= 15 is 0 Å². The monoisotopic (exact) mass is 380 g/mol. The molecule has 0 radical (unpaired) electrons. The molecule has 2 atom stereocenters. The summed E-state index contributed by atoms with van der Waals surface area (Å²) in [6.07, 6.45) is 4.34. The van der Waals surface area contributed by atoms with Crippen LogP contribution in [0.2, 0.25) is 0 Å². The average Bonchev–Trinajstić information content (AvgIpc) is 2.94. The first-order valence-corrected chi connectivity index (χ1v) is 9.94. The molecule has 0 saturated heterocycles. The largest absolute Gasteiger partial charge is 0.481 e. The fraction of sp³-hybridized carbons (Fsp3) is 0.350. The van der Waals surface area contributed by atoms with E-state index in [0.29, 0.717) is 5.92 Å².